The maximum atomic E-state index is 10.4. The third-order valence-electron chi connectivity index (χ3n) is 1.44. The molecule has 1 aromatic carbocycles. The largest absolute Gasteiger partial charge is 0.287 e. The van der Waals surface area contributed by atoms with E-state index in [1.807, 2.05) is 0 Å². The molecule has 0 bridgehead atoms. The lowest BCUT2D eigenvalue weighted by molar-refractivity contribution is -0.385. The highest BCUT2D eigenvalue weighted by molar-refractivity contribution is 5.54. The van der Waals surface area contributed by atoms with Gasteiger partial charge in [0.15, 0.2) is 0 Å². The van der Waals surface area contributed by atoms with Crippen molar-refractivity contribution in [2.24, 2.45) is 0 Å². The maximum absolute atomic E-state index is 10.4. The minimum absolute atomic E-state index is 0.0301. The lowest BCUT2D eigenvalue weighted by atomic mass is 10.1. The van der Waals surface area contributed by atoms with Gasteiger partial charge in [0.2, 0.25) is 0 Å². The molecule has 0 unspecified atom stereocenters. The summed E-state index contributed by atoms with van der Waals surface area (Å²) in [7, 11) is 0. The Balaban J connectivity index is 3.40. The quantitative estimate of drug-likeness (QED) is 0.464. The number of nitro benzene ring substituents is 1. The molecule has 0 aliphatic rings. The van der Waals surface area contributed by atoms with E-state index in [1.165, 1.54) is 12.1 Å². The molecule has 0 saturated heterocycles. The van der Waals surface area contributed by atoms with E-state index in [1.54, 1.807) is 12.1 Å². The van der Waals surface area contributed by atoms with Crippen LogP contribution in [0.5, 0.6) is 0 Å². The minimum atomic E-state index is -0.590. The summed E-state index contributed by atoms with van der Waals surface area (Å²) in [4.78, 5) is 9.77. The van der Waals surface area contributed by atoms with Gasteiger partial charge in [0.05, 0.1) is 4.92 Å². The van der Waals surface area contributed by atoms with Gasteiger partial charge in [-0.15, -0.1) is 0 Å². The molecule has 4 nitrogen and oxygen atoms in total. The second-order valence-corrected chi connectivity index (χ2v) is 2.18. The molecule has 0 saturated carbocycles. The first kappa shape index (κ1) is 8.21. The highest BCUT2D eigenvalue weighted by atomic mass is 16.6. The molecular formula is C8H5N2O2. The van der Waals surface area contributed by atoms with Crippen molar-refractivity contribution in [1.82, 2.24) is 0 Å². The zero-order chi connectivity index (χ0) is 9.14. The number of benzene rings is 1. The van der Waals surface area contributed by atoms with Gasteiger partial charge in [0.1, 0.15) is 11.6 Å². The molecule has 0 aliphatic heterocycles. The van der Waals surface area contributed by atoms with Crippen LogP contribution in [0.15, 0.2) is 18.2 Å². The Morgan fingerprint density at radius 3 is 2.67 bits per heavy atom. The van der Waals surface area contributed by atoms with Crippen molar-refractivity contribution in [2.45, 2.75) is 0 Å². The average Bonchev–Trinajstić information content (AvgIpc) is 2.03. The Kier molecular flexibility index (Phi) is 2.06. The van der Waals surface area contributed by atoms with Crippen molar-refractivity contribution in [3.63, 3.8) is 0 Å². The molecule has 4 heteroatoms. The van der Waals surface area contributed by atoms with Crippen LogP contribution in [0.2, 0.25) is 0 Å². The van der Waals surface area contributed by atoms with Gasteiger partial charge in [-0.2, -0.15) is 5.26 Å². The molecule has 0 spiro atoms. The molecule has 0 atom stereocenters. The maximum Gasteiger partial charge on any atom is 0.287 e. The van der Waals surface area contributed by atoms with Gasteiger partial charge in [-0.05, 0) is 12.5 Å². The topological polar surface area (TPSA) is 66.9 Å². The molecular weight excluding hydrogens is 156 g/mol. The third-order valence-corrected chi connectivity index (χ3v) is 1.44. The molecule has 1 aromatic rings. The van der Waals surface area contributed by atoms with Crippen molar-refractivity contribution >= 4 is 5.69 Å². The number of nitriles is 1. The predicted octanol–water partition coefficient (Wildman–Crippen LogP) is 1.65. The Morgan fingerprint density at radius 2 is 2.25 bits per heavy atom. The molecule has 1 radical (unpaired) electrons. The number of hydrogen-bond donors (Lipinski definition) is 0. The van der Waals surface area contributed by atoms with Crippen LogP contribution in [0.3, 0.4) is 0 Å². The summed E-state index contributed by atoms with van der Waals surface area (Å²) in [6, 6.07) is 6.09. The Labute approximate surface area is 69.2 Å². The second-order valence-electron chi connectivity index (χ2n) is 2.18. The van der Waals surface area contributed by atoms with Crippen LogP contribution in [0.25, 0.3) is 0 Å². The fraction of sp³-hybridized carbons (Fsp3) is 0. The van der Waals surface area contributed by atoms with Gasteiger partial charge in [-0.1, -0.05) is 12.1 Å². The molecule has 0 aromatic heterocycles. The highest BCUT2D eigenvalue weighted by Crippen LogP contribution is 2.19. The predicted molar refractivity (Wildman–Crippen MR) is 42.3 cm³/mol. The molecule has 12 heavy (non-hydrogen) atoms. The fourth-order valence-corrected chi connectivity index (χ4v) is 0.868. The molecule has 1 rings (SSSR count). The normalized spacial score (nSPS) is 9.00. The van der Waals surface area contributed by atoms with E-state index >= 15 is 0 Å². The van der Waals surface area contributed by atoms with Crippen molar-refractivity contribution in [3.8, 4) is 6.07 Å². The number of nitrogens with zero attached hydrogens (tertiary/aromatic N) is 2. The Bertz CT molecular complexity index is 366. The van der Waals surface area contributed by atoms with Crippen LogP contribution < -0.4 is 0 Å². The summed E-state index contributed by atoms with van der Waals surface area (Å²) in [6.07, 6.45) is 0. The van der Waals surface area contributed by atoms with Crippen LogP contribution >= 0.6 is 0 Å². The van der Waals surface area contributed by atoms with Crippen molar-refractivity contribution in [2.75, 3.05) is 0 Å². The zero-order valence-corrected chi connectivity index (χ0v) is 6.15. The van der Waals surface area contributed by atoms with Crippen LogP contribution in [0.1, 0.15) is 11.1 Å². The number of nitro groups is 1. The van der Waals surface area contributed by atoms with Crippen molar-refractivity contribution in [1.29, 1.82) is 5.26 Å². The average molecular weight is 161 g/mol. The first-order valence-corrected chi connectivity index (χ1v) is 3.16. The van der Waals surface area contributed by atoms with Crippen LogP contribution in [0, 0.1) is 28.4 Å². The fourth-order valence-electron chi connectivity index (χ4n) is 0.868. The van der Waals surface area contributed by atoms with Crippen LogP contribution in [-0.2, 0) is 0 Å². The summed E-state index contributed by atoms with van der Waals surface area (Å²) in [5, 5.41) is 18.9. The van der Waals surface area contributed by atoms with E-state index in [0.717, 1.165) is 0 Å². The molecule has 0 aliphatic carbocycles. The van der Waals surface area contributed by atoms with Gasteiger partial charge in [0.25, 0.3) is 5.69 Å². The summed E-state index contributed by atoms with van der Waals surface area (Å²) < 4.78 is 0. The molecule has 0 heterocycles. The number of rotatable bonds is 1. The standard InChI is InChI=1S/C8H5N2O2/c1-6-3-2-4-8(10(11)12)7(6)5-9/h2-4H,1H2. The Hall–Kier alpha value is -1.89. The lowest BCUT2D eigenvalue weighted by Gasteiger charge is -1.96. The molecule has 0 amide bonds. The van der Waals surface area contributed by atoms with Gasteiger partial charge in [-0.25, -0.2) is 0 Å². The van der Waals surface area contributed by atoms with Crippen molar-refractivity contribution < 1.29 is 4.92 Å². The smallest absolute Gasteiger partial charge is 0.258 e. The van der Waals surface area contributed by atoms with E-state index in [2.05, 4.69) is 6.92 Å². The van der Waals surface area contributed by atoms with Gasteiger partial charge in [-0.3, -0.25) is 10.1 Å². The summed E-state index contributed by atoms with van der Waals surface area (Å²) in [5.74, 6) is 0. The van der Waals surface area contributed by atoms with Crippen LogP contribution in [-0.4, -0.2) is 4.92 Å². The molecule has 0 N–H and O–H groups in total. The van der Waals surface area contributed by atoms with Gasteiger partial charge < -0.3 is 0 Å². The summed E-state index contributed by atoms with van der Waals surface area (Å²) in [6.45, 7) is 3.51. The molecule has 0 fully saturated rings. The molecule has 59 valence electrons. The Morgan fingerprint density at radius 1 is 1.58 bits per heavy atom. The zero-order valence-electron chi connectivity index (χ0n) is 6.15. The number of hydrogen-bond acceptors (Lipinski definition) is 3. The lowest BCUT2D eigenvalue weighted by Crippen LogP contribution is -1.93. The third kappa shape index (κ3) is 1.25. The van der Waals surface area contributed by atoms with E-state index in [-0.39, 0.29) is 11.3 Å². The van der Waals surface area contributed by atoms with E-state index < -0.39 is 4.92 Å². The first-order valence-electron chi connectivity index (χ1n) is 3.16. The minimum Gasteiger partial charge on any atom is -0.258 e. The van der Waals surface area contributed by atoms with Gasteiger partial charge in [0, 0.05) is 6.07 Å². The van der Waals surface area contributed by atoms with Crippen LogP contribution in [0.4, 0.5) is 5.69 Å². The highest BCUT2D eigenvalue weighted by Gasteiger charge is 2.13. The SMILES string of the molecule is [CH2]c1cccc([N+](=O)[O-])c1C#N. The second kappa shape index (κ2) is 3.01. The van der Waals surface area contributed by atoms with E-state index in [4.69, 9.17) is 5.26 Å². The van der Waals surface area contributed by atoms with Gasteiger partial charge >= 0.3 is 0 Å². The summed E-state index contributed by atoms with van der Waals surface area (Å²) >= 11 is 0. The first-order chi connectivity index (χ1) is 5.66. The summed E-state index contributed by atoms with van der Waals surface area (Å²) in [5.41, 5.74) is 0.221. The van der Waals surface area contributed by atoms with Crippen molar-refractivity contribution in [3.05, 3.63) is 46.4 Å². The monoisotopic (exact) mass is 161 g/mol. The van der Waals surface area contributed by atoms with E-state index in [9.17, 15) is 10.1 Å². The van der Waals surface area contributed by atoms with E-state index in [0.29, 0.717) is 5.56 Å².